The first-order valence-electron chi connectivity index (χ1n) is 10.6. The standard InChI is InChI=1S/C21H26ClFN6O2S/c1-13(22)7-24-19-14(2)17(8-25-19)20-26-9-18(23)21(28-20)27-16-10-29(11-16)32(30,31)12-15-5-3-4-6-15/h7-9,15-16H,2-6,10-12H2,1H3,(H,24,25)(H,26,27,28)/b13-7-. The van der Waals surface area contributed by atoms with Crippen LogP contribution in [0.5, 0.6) is 0 Å². The first kappa shape index (κ1) is 22.9. The van der Waals surface area contributed by atoms with Gasteiger partial charge in [-0.3, -0.25) is 0 Å². The van der Waals surface area contributed by atoms with Crippen molar-refractivity contribution in [1.29, 1.82) is 0 Å². The third kappa shape index (κ3) is 5.02. The Hall–Kier alpha value is -2.30. The molecular weight excluding hydrogens is 455 g/mol. The van der Waals surface area contributed by atoms with Crippen LogP contribution in [0.3, 0.4) is 0 Å². The smallest absolute Gasteiger partial charge is 0.214 e. The first-order valence-corrected chi connectivity index (χ1v) is 12.6. The molecule has 0 bridgehead atoms. The Kier molecular flexibility index (Phi) is 6.64. The summed E-state index contributed by atoms with van der Waals surface area (Å²) in [4.78, 5) is 12.6. The van der Waals surface area contributed by atoms with Crippen LogP contribution >= 0.6 is 11.6 Å². The number of aliphatic imine (C=N–C) groups is 1. The van der Waals surface area contributed by atoms with E-state index in [0.717, 1.165) is 31.9 Å². The minimum Gasteiger partial charge on any atom is -0.362 e. The zero-order chi connectivity index (χ0) is 22.9. The van der Waals surface area contributed by atoms with Gasteiger partial charge < -0.3 is 10.6 Å². The first-order chi connectivity index (χ1) is 15.2. The summed E-state index contributed by atoms with van der Waals surface area (Å²) in [7, 11) is -3.28. The molecule has 0 aromatic carbocycles. The topological polar surface area (TPSA) is 99.6 Å². The zero-order valence-electron chi connectivity index (χ0n) is 17.8. The normalized spacial score (nSPS) is 22.2. The fourth-order valence-corrected chi connectivity index (χ4v) is 6.04. The highest BCUT2D eigenvalue weighted by Crippen LogP contribution is 2.29. The minimum absolute atomic E-state index is 0.0310. The third-order valence-electron chi connectivity index (χ3n) is 5.82. The van der Waals surface area contributed by atoms with Crippen LogP contribution in [-0.4, -0.2) is 53.4 Å². The van der Waals surface area contributed by atoms with E-state index in [1.807, 2.05) is 0 Å². The van der Waals surface area contributed by atoms with Crippen LogP contribution in [0, 0.1) is 11.7 Å². The molecule has 0 unspecified atom stereocenters. The lowest BCUT2D eigenvalue weighted by molar-refractivity contribution is 0.277. The molecule has 2 aliphatic heterocycles. The highest BCUT2D eigenvalue weighted by Gasteiger charge is 2.38. The molecule has 3 aliphatic rings. The fraction of sp³-hybridized carbons (Fsp3) is 0.476. The van der Waals surface area contributed by atoms with Gasteiger partial charge in [0.15, 0.2) is 17.5 Å². The van der Waals surface area contributed by atoms with Gasteiger partial charge in [0.1, 0.15) is 5.84 Å². The molecule has 1 aliphatic carbocycles. The molecule has 0 spiro atoms. The lowest BCUT2D eigenvalue weighted by Crippen LogP contribution is -2.57. The van der Waals surface area contributed by atoms with Gasteiger partial charge in [0.2, 0.25) is 10.0 Å². The molecule has 1 aromatic rings. The second kappa shape index (κ2) is 9.29. The van der Waals surface area contributed by atoms with Gasteiger partial charge in [0.05, 0.1) is 18.0 Å². The Morgan fingerprint density at radius 1 is 1.44 bits per heavy atom. The van der Waals surface area contributed by atoms with Crippen molar-refractivity contribution >= 4 is 38.9 Å². The lowest BCUT2D eigenvalue weighted by atomic mass is 10.1. The summed E-state index contributed by atoms with van der Waals surface area (Å²) in [5.74, 6) is 0.679. The van der Waals surface area contributed by atoms with Gasteiger partial charge in [0.25, 0.3) is 0 Å². The van der Waals surface area contributed by atoms with Crippen LogP contribution in [0.15, 0.2) is 40.8 Å². The van der Waals surface area contributed by atoms with E-state index in [2.05, 4.69) is 32.2 Å². The number of sulfonamides is 1. The molecule has 11 heteroatoms. The Balaban J connectivity index is 1.39. The number of hydrogen-bond donors (Lipinski definition) is 2. The predicted molar refractivity (Wildman–Crippen MR) is 124 cm³/mol. The van der Waals surface area contributed by atoms with Gasteiger partial charge >= 0.3 is 0 Å². The van der Waals surface area contributed by atoms with Gasteiger partial charge in [-0.25, -0.2) is 27.8 Å². The van der Waals surface area contributed by atoms with Gasteiger partial charge in [-0.2, -0.15) is 4.31 Å². The Bertz CT molecular complexity index is 1100. The summed E-state index contributed by atoms with van der Waals surface area (Å²) in [6.45, 7) is 6.29. The van der Waals surface area contributed by atoms with Gasteiger partial charge in [-0.05, 0) is 25.7 Å². The molecule has 0 amide bonds. The number of nitrogens with one attached hydrogen (secondary N) is 2. The number of anilines is 1. The Labute approximate surface area is 192 Å². The predicted octanol–water partition coefficient (Wildman–Crippen LogP) is 3.23. The average Bonchev–Trinajstić information content (AvgIpc) is 3.33. The molecule has 0 atom stereocenters. The van der Waals surface area contributed by atoms with Crippen molar-refractivity contribution < 1.29 is 12.8 Å². The number of amidine groups is 1. The number of allylic oxidation sites excluding steroid dienone is 1. The van der Waals surface area contributed by atoms with E-state index < -0.39 is 15.8 Å². The van der Waals surface area contributed by atoms with Crippen molar-refractivity contribution in [3.05, 3.63) is 47.4 Å². The summed E-state index contributed by atoms with van der Waals surface area (Å²) in [5, 5.41) is 6.50. The monoisotopic (exact) mass is 480 g/mol. The molecule has 2 fully saturated rings. The van der Waals surface area contributed by atoms with E-state index in [9.17, 15) is 12.8 Å². The number of rotatable bonds is 7. The highest BCUT2D eigenvalue weighted by atomic mass is 35.5. The van der Waals surface area contributed by atoms with E-state index in [-0.39, 0.29) is 29.4 Å². The van der Waals surface area contributed by atoms with Crippen LogP contribution in [0.4, 0.5) is 10.2 Å². The van der Waals surface area contributed by atoms with Crippen molar-refractivity contribution in [3.8, 4) is 0 Å². The van der Waals surface area contributed by atoms with Crippen molar-refractivity contribution in [2.45, 2.75) is 38.6 Å². The summed E-state index contributed by atoms with van der Waals surface area (Å²) in [5.41, 5.74) is 1.14. The van der Waals surface area contributed by atoms with Crippen molar-refractivity contribution in [3.63, 3.8) is 0 Å². The molecule has 1 saturated carbocycles. The third-order valence-corrected chi connectivity index (χ3v) is 7.90. The second-order valence-electron chi connectivity index (χ2n) is 8.35. The quantitative estimate of drug-likeness (QED) is 0.621. The van der Waals surface area contributed by atoms with Crippen LogP contribution in [-0.2, 0) is 10.0 Å². The molecule has 2 N–H and O–H groups in total. The molecule has 4 rings (SSSR count). The number of hydrogen-bond acceptors (Lipinski definition) is 6. The maximum Gasteiger partial charge on any atom is 0.214 e. The van der Waals surface area contributed by atoms with Crippen LogP contribution in [0.1, 0.15) is 38.4 Å². The minimum atomic E-state index is -3.28. The number of aromatic nitrogens is 2. The summed E-state index contributed by atoms with van der Waals surface area (Å²) in [6, 6.07) is -0.210. The fourth-order valence-electron chi connectivity index (χ4n) is 4.04. The zero-order valence-corrected chi connectivity index (χ0v) is 19.4. The van der Waals surface area contributed by atoms with Crippen molar-refractivity contribution in [2.24, 2.45) is 10.9 Å². The maximum absolute atomic E-state index is 14.3. The molecular formula is C21H26ClFN6O2S. The Morgan fingerprint density at radius 2 is 2.16 bits per heavy atom. The van der Waals surface area contributed by atoms with Crippen LogP contribution in [0.25, 0.3) is 5.57 Å². The van der Waals surface area contributed by atoms with Gasteiger partial charge in [0, 0.05) is 41.7 Å². The molecule has 8 nitrogen and oxygen atoms in total. The van der Waals surface area contributed by atoms with E-state index >= 15 is 0 Å². The van der Waals surface area contributed by atoms with E-state index in [1.54, 1.807) is 13.1 Å². The molecule has 1 aromatic heterocycles. The lowest BCUT2D eigenvalue weighted by Gasteiger charge is -2.39. The average molecular weight is 481 g/mol. The van der Waals surface area contributed by atoms with Crippen molar-refractivity contribution in [2.75, 3.05) is 24.2 Å². The number of halogens is 2. The Morgan fingerprint density at radius 3 is 2.84 bits per heavy atom. The van der Waals surface area contributed by atoms with E-state index in [0.29, 0.717) is 35.1 Å². The molecule has 1 saturated heterocycles. The summed E-state index contributed by atoms with van der Waals surface area (Å²) in [6.07, 6.45) is 8.40. The van der Waals surface area contributed by atoms with E-state index in [1.165, 1.54) is 10.5 Å². The second-order valence-corrected chi connectivity index (χ2v) is 11.0. The van der Waals surface area contributed by atoms with Gasteiger partial charge in [-0.15, -0.1) is 0 Å². The molecule has 3 heterocycles. The summed E-state index contributed by atoms with van der Waals surface area (Å²) < 4.78 is 41.0. The molecule has 32 heavy (non-hydrogen) atoms. The maximum atomic E-state index is 14.3. The SMILES string of the molecule is C=C1C(c2ncc(F)c(NC3CN(S(=O)(=O)CC4CCCC4)C3)n2)=CN/C1=N/C=C(/C)Cl. The number of nitrogens with zero attached hydrogens (tertiary/aromatic N) is 4. The van der Waals surface area contributed by atoms with Crippen LogP contribution in [0.2, 0.25) is 0 Å². The largest absolute Gasteiger partial charge is 0.362 e. The van der Waals surface area contributed by atoms with Gasteiger partial charge in [-0.1, -0.05) is 31.0 Å². The molecule has 172 valence electrons. The van der Waals surface area contributed by atoms with E-state index in [4.69, 9.17) is 11.6 Å². The van der Waals surface area contributed by atoms with Crippen LogP contribution < -0.4 is 10.6 Å². The van der Waals surface area contributed by atoms with Crippen molar-refractivity contribution in [1.82, 2.24) is 19.6 Å². The summed E-state index contributed by atoms with van der Waals surface area (Å²) >= 11 is 5.81. The molecule has 0 radical (unpaired) electrons. The highest BCUT2D eigenvalue weighted by molar-refractivity contribution is 7.89.